The van der Waals surface area contributed by atoms with Gasteiger partial charge in [0.15, 0.2) is 0 Å². The second-order valence-electron chi connectivity index (χ2n) is 5.97. The number of H-pyrrole nitrogens is 1. The van der Waals surface area contributed by atoms with Crippen molar-refractivity contribution in [2.45, 2.75) is 6.54 Å². The minimum absolute atomic E-state index is 0.183. The molecule has 2 heterocycles. The zero-order valence-corrected chi connectivity index (χ0v) is 16.7. The van der Waals surface area contributed by atoms with E-state index in [0.29, 0.717) is 38.0 Å². The summed E-state index contributed by atoms with van der Waals surface area (Å²) in [5, 5.41) is 1.83. The summed E-state index contributed by atoms with van der Waals surface area (Å²) >= 11 is 24.6. The summed E-state index contributed by atoms with van der Waals surface area (Å²) in [5.41, 5.74) is 3.04. The van der Waals surface area contributed by atoms with Gasteiger partial charge in [-0.3, -0.25) is 4.79 Å². The number of hydrogen-bond acceptors (Lipinski definition) is 2. The molecule has 4 aromatic rings. The monoisotopic (exact) mass is 437 g/mol. The highest BCUT2D eigenvalue weighted by atomic mass is 35.5. The summed E-state index contributed by atoms with van der Waals surface area (Å²) in [5.74, 6) is 0.672. The van der Waals surface area contributed by atoms with Gasteiger partial charge < -0.3 is 9.55 Å². The minimum Gasteiger partial charge on any atom is -0.328 e. The first-order valence-corrected chi connectivity index (χ1v) is 9.42. The van der Waals surface area contributed by atoms with E-state index in [2.05, 4.69) is 9.97 Å². The standard InChI is InChI=1S/C19H11Cl4N3O/c20-12-3-1-10(5-13(12)21)9-26-17-7-15(23)14(22)6-16(17)25-19(26)11-2-4-18(27)24-8-11/h1-8H,9H2,(H,24,27). The molecule has 0 fully saturated rings. The molecule has 2 aromatic carbocycles. The van der Waals surface area contributed by atoms with Gasteiger partial charge in [0.2, 0.25) is 5.56 Å². The average Bonchev–Trinajstić information content (AvgIpc) is 2.97. The van der Waals surface area contributed by atoms with E-state index >= 15 is 0 Å². The SMILES string of the molecule is O=c1ccc(-c2nc3cc(Cl)c(Cl)cc3n2Cc2ccc(Cl)c(Cl)c2)c[nH]1. The summed E-state index contributed by atoms with van der Waals surface area (Å²) in [6.45, 7) is 0.486. The van der Waals surface area contributed by atoms with Crippen molar-refractivity contribution < 1.29 is 0 Å². The van der Waals surface area contributed by atoms with Crippen molar-refractivity contribution in [3.05, 3.63) is 84.7 Å². The smallest absolute Gasteiger partial charge is 0.247 e. The van der Waals surface area contributed by atoms with Crippen LogP contribution in [0.3, 0.4) is 0 Å². The van der Waals surface area contributed by atoms with Crippen molar-refractivity contribution in [1.82, 2.24) is 14.5 Å². The van der Waals surface area contributed by atoms with Crippen molar-refractivity contribution in [3.8, 4) is 11.4 Å². The van der Waals surface area contributed by atoms with Crippen LogP contribution in [0.2, 0.25) is 20.1 Å². The third-order valence-corrected chi connectivity index (χ3v) is 5.62. The molecule has 0 radical (unpaired) electrons. The second kappa shape index (κ2) is 7.21. The largest absolute Gasteiger partial charge is 0.328 e. The van der Waals surface area contributed by atoms with Crippen molar-refractivity contribution in [3.63, 3.8) is 0 Å². The molecular formula is C19H11Cl4N3O. The number of fused-ring (bicyclic) bond motifs is 1. The number of nitrogens with zero attached hydrogens (tertiary/aromatic N) is 2. The Morgan fingerprint density at radius 1 is 0.889 bits per heavy atom. The lowest BCUT2D eigenvalue weighted by Gasteiger charge is -2.11. The zero-order valence-electron chi connectivity index (χ0n) is 13.6. The first kappa shape index (κ1) is 18.4. The van der Waals surface area contributed by atoms with Gasteiger partial charge in [0.1, 0.15) is 5.82 Å². The minimum atomic E-state index is -0.183. The van der Waals surface area contributed by atoms with Crippen molar-refractivity contribution in [2.24, 2.45) is 0 Å². The summed E-state index contributed by atoms with van der Waals surface area (Å²) in [7, 11) is 0. The summed E-state index contributed by atoms with van der Waals surface area (Å²) in [6.07, 6.45) is 1.62. The maximum atomic E-state index is 11.4. The quantitative estimate of drug-likeness (QED) is 0.423. The maximum absolute atomic E-state index is 11.4. The highest BCUT2D eigenvalue weighted by molar-refractivity contribution is 6.43. The molecule has 0 saturated heterocycles. The lowest BCUT2D eigenvalue weighted by molar-refractivity contribution is 0.833. The third-order valence-electron chi connectivity index (χ3n) is 4.16. The van der Waals surface area contributed by atoms with Crippen molar-refractivity contribution >= 4 is 57.4 Å². The van der Waals surface area contributed by atoms with Crippen LogP contribution in [0.25, 0.3) is 22.4 Å². The Kier molecular flexibility index (Phi) is 4.91. The number of benzene rings is 2. The highest BCUT2D eigenvalue weighted by Gasteiger charge is 2.16. The first-order chi connectivity index (χ1) is 12.9. The predicted octanol–water partition coefficient (Wildman–Crippen LogP) is 6.05. The van der Waals surface area contributed by atoms with E-state index in [1.807, 2.05) is 16.7 Å². The van der Waals surface area contributed by atoms with Crippen LogP contribution in [0.5, 0.6) is 0 Å². The fourth-order valence-corrected chi connectivity index (χ4v) is 3.51. The Labute approximate surface area is 174 Å². The Morgan fingerprint density at radius 3 is 2.33 bits per heavy atom. The Hall–Kier alpha value is -1.98. The number of nitrogens with one attached hydrogen (secondary N) is 1. The van der Waals surface area contributed by atoms with Gasteiger partial charge in [-0.2, -0.15) is 0 Å². The number of hydrogen-bond donors (Lipinski definition) is 1. The van der Waals surface area contributed by atoms with Gasteiger partial charge in [-0.05, 0) is 35.9 Å². The summed E-state index contributed by atoms with van der Waals surface area (Å²) < 4.78 is 1.99. The van der Waals surface area contributed by atoms with Gasteiger partial charge in [-0.15, -0.1) is 0 Å². The van der Waals surface area contributed by atoms with E-state index < -0.39 is 0 Å². The Balaban J connectivity index is 1.93. The molecule has 4 nitrogen and oxygen atoms in total. The van der Waals surface area contributed by atoms with Gasteiger partial charge in [0, 0.05) is 24.4 Å². The Bertz CT molecular complexity index is 1210. The molecule has 2 aromatic heterocycles. The normalized spacial score (nSPS) is 11.3. The van der Waals surface area contributed by atoms with E-state index in [1.54, 1.807) is 30.5 Å². The molecular weight excluding hydrogens is 428 g/mol. The molecule has 0 aliphatic carbocycles. The molecule has 0 saturated carbocycles. The summed E-state index contributed by atoms with van der Waals surface area (Å²) in [6, 6.07) is 12.1. The van der Waals surface area contributed by atoms with Crippen molar-refractivity contribution in [2.75, 3.05) is 0 Å². The highest BCUT2D eigenvalue weighted by Crippen LogP contribution is 2.32. The molecule has 0 amide bonds. The van der Waals surface area contributed by atoms with Gasteiger partial charge >= 0.3 is 0 Å². The molecule has 0 aliphatic rings. The molecule has 0 atom stereocenters. The maximum Gasteiger partial charge on any atom is 0.247 e. The topological polar surface area (TPSA) is 50.7 Å². The number of aromatic amines is 1. The molecule has 27 heavy (non-hydrogen) atoms. The van der Waals surface area contributed by atoms with Gasteiger partial charge in [0.05, 0.1) is 31.1 Å². The second-order valence-corrected chi connectivity index (χ2v) is 7.60. The van der Waals surface area contributed by atoms with E-state index in [-0.39, 0.29) is 5.56 Å². The van der Waals surface area contributed by atoms with E-state index in [0.717, 1.165) is 16.6 Å². The van der Waals surface area contributed by atoms with Crippen LogP contribution >= 0.6 is 46.4 Å². The number of pyridine rings is 1. The van der Waals surface area contributed by atoms with Gasteiger partial charge in [0.25, 0.3) is 0 Å². The number of aromatic nitrogens is 3. The van der Waals surface area contributed by atoms with Crippen LogP contribution in [0.1, 0.15) is 5.56 Å². The van der Waals surface area contributed by atoms with E-state index in [1.165, 1.54) is 6.07 Å². The average molecular weight is 439 g/mol. The molecule has 136 valence electrons. The van der Waals surface area contributed by atoms with Crippen LogP contribution in [-0.2, 0) is 6.54 Å². The molecule has 0 bridgehead atoms. The van der Waals surface area contributed by atoms with Crippen LogP contribution in [0.15, 0.2) is 53.5 Å². The lowest BCUT2D eigenvalue weighted by atomic mass is 10.2. The number of rotatable bonds is 3. The third kappa shape index (κ3) is 3.58. The molecule has 0 spiro atoms. The van der Waals surface area contributed by atoms with Crippen LogP contribution < -0.4 is 5.56 Å². The van der Waals surface area contributed by atoms with Gasteiger partial charge in [-0.1, -0.05) is 52.5 Å². The molecule has 1 N–H and O–H groups in total. The van der Waals surface area contributed by atoms with Gasteiger partial charge in [-0.25, -0.2) is 4.98 Å². The zero-order chi connectivity index (χ0) is 19.1. The fraction of sp³-hybridized carbons (Fsp3) is 0.0526. The van der Waals surface area contributed by atoms with Crippen LogP contribution in [-0.4, -0.2) is 14.5 Å². The molecule has 8 heteroatoms. The van der Waals surface area contributed by atoms with Crippen molar-refractivity contribution in [1.29, 1.82) is 0 Å². The lowest BCUT2D eigenvalue weighted by Crippen LogP contribution is -2.05. The van der Waals surface area contributed by atoms with E-state index in [4.69, 9.17) is 46.4 Å². The summed E-state index contributed by atoms with van der Waals surface area (Å²) in [4.78, 5) is 18.8. The van der Waals surface area contributed by atoms with Crippen LogP contribution in [0, 0.1) is 0 Å². The molecule has 0 aliphatic heterocycles. The number of imidazole rings is 1. The first-order valence-electron chi connectivity index (χ1n) is 7.91. The Morgan fingerprint density at radius 2 is 1.63 bits per heavy atom. The fourth-order valence-electron chi connectivity index (χ4n) is 2.87. The molecule has 0 unspecified atom stereocenters. The van der Waals surface area contributed by atoms with Crippen LogP contribution in [0.4, 0.5) is 0 Å². The van der Waals surface area contributed by atoms with E-state index in [9.17, 15) is 4.79 Å². The molecule has 4 rings (SSSR count). The predicted molar refractivity (Wildman–Crippen MR) is 111 cm³/mol. The number of halogens is 4.